The van der Waals surface area contributed by atoms with Gasteiger partial charge in [-0.2, -0.15) is 5.26 Å². The van der Waals surface area contributed by atoms with Crippen LogP contribution >= 0.6 is 0 Å². The molecule has 2 aromatic carbocycles. The first-order chi connectivity index (χ1) is 10.1. The number of carbonyl (C=O) groups excluding carboxylic acids is 1. The maximum Gasteiger partial charge on any atom is 0.200 e. The molecule has 0 bridgehead atoms. The van der Waals surface area contributed by atoms with Crippen molar-refractivity contribution in [3.8, 4) is 11.8 Å². The van der Waals surface area contributed by atoms with Gasteiger partial charge in [0.25, 0.3) is 0 Å². The molecule has 2 rings (SSSR count). The zero-order valence-corrected chi connectivity index (χ0v) is 12.2. The van der Waals surface area contributed by atoms with E-state index in [1.54, 1.807) is 12.1 Å². The standard InChI is InChI=1S/C18H17NO2/c1-3-14-6-8-16(9-7-14)17(20)12-21-18-10-15(11-19)5-4-13(18)2/h4-10H,3,12H2,1-2H3. The van der Waals surface area contributed by atoms with Crippen molar-refractivity contribution in [1.82, 2.24) is 0 Å². The predicted molar refractivity (Wildman–Crippen MR) is 81.5 cm³/mol. The summed E-state index contributed by atoms with van der Waals surface area (Å²) in [6.07, 6.45) is 0.950. The molecule has 0 aliphatic heterocycles. The van der Waals surface area contributed by atoms with Gasteiger partial charge in [-0.25, -0.2) is 0 Å². The molecule has 0 N–H and O–H groups in total. The van der Waals surface area contributed by atoms with Gasteiger partial charge in [-0.15, -0.1) is 0 Å². The van der Waals surface area contributed by atoms with E-state index in [0.717, 1.165) is 12.0 Å². The Bertz CT molecular complexity index is 681. The van der Waals surface area contributed by atoms with Crippen LogP contribution in [0.15, 0.2) is 42.5 Å². The van der Waals surface area contributed by atoms with Gasteiger partial charge >= 0.3 is 0 Å². The van der Waals surface area contributed by atoms with Crippen molar-refractivity contribution in [3.63, 3.8) is 0 Å². The van der Waals surface area contributed by atoms with Gasteiger partial charge in [-0.1, -0.05) is 37.3 Å². The molecule has 0 heterocycles. The van der Waals surface area contributed by atoms with Gasteiger partial charge in [-0.3, -0.25) is 4.79 Å². The Balaban J connectivity index is 2.05. The minimum atomic E-state index is -0.0700. The van der Waals surface area contributed by atoms with Crippen LogP contribution in [0.5, 0.6) is 5.75 Å². The monoisotopic (exact) mass is 279 g/mol. The molecule has 3 heteroatoms. The molecular formula is C18H17NO2. The summed E-state index contributed by atoms with van der Waals surface area (Å²) in [5.74, 6) is 0.506. The van der Waals surface area contributed by atoms with Crippen molar-refractivity contribution in [3.05, 3.63) is 64.7 Å². The van der Waals surface area contributed by atoms with Crippen molar-refractivity contribution >= 4 is 5.78 Å². The second kappa shape index (κ2) is 6.71. The summed E-state index contributed by atoms with van der Waals surface area (Å²) < 4.78 is 5.55. The van der Waals surface area contributed by atoms with Gasteiger partial charge < -0.3 is 4.74 Å². The average Bonchev–Trinajstić information content (AvgIpc) is 2.54. The number of benzene rings is 2. The van der Waals surface area contributed by atoms with Crippen molar-refractivity contribution in [2.75, 3.05) is 6.61 Å². The van der Waals surface area contributed by atoms with E-state index in [1.165, 1.54) is 5.56 Å². The first-order valence-corrected chi connectivity index (χ1v) is 6.89. The van der Waals surface area contributed by atoms with Crippen LogP contribution in [0.4, 0.5) is 0 Å². The quantitative estimate of drug-likeness (QED) is 0.784. The number of ketones is 1. The highest BCUT2D eigenvalue weighted by Gasteiger charge is 2.08. The molecule has 3 nitrogen and oxygen atoms in total. The zero-order valence-electron chi connectivity index (χ0n) is 12.2. The summed E-state index contributed by atoms with van der Waals surface area (Å²) in [5, 5.41) is 8.89. The van der Waals surface area contributed by atoms with Crippen molar-refractivity contribution < 1.29 is 9.53 Å². The molecule has 0 spiro atoms. The number of rotatable bonds is 5. The smallest absolute Gasteiger partial charge is 0.200 e. The topological polar surface area (TPSA) is 50.1 Å². The van der Waals surface area contributed by atoms with E-state index in [4.69, 9.17) is 10.00 Å². The molecule has 0 aliphatic rings. The largest absolute Gasteiger partial charge is 0.485 e. The van der Waals surface area contributed by atoms with Gasteiger partial charge in [-0.05, 0) is 36.6 Å². The van der Waals surface area contributed by atoms with Crippen LogP contribution in [0, 0.1) is 18.3 Å². The highest BCUT2D eigenvalue weighted by Crippen LogP contribution is 2.19. The number of hydrogen-bond acceptors (Lipinski definition) is 3. The van der Waals surface area contributed by atoms with Crippen molar-refractivity contribution in [2.24, 2.45) is 0 Å². The molecular weight excluding hydrogens is 262 g/mol. The minimum absolute atomic E-state index is 0.0266. The Labute approximate surface area is 124 Å². The summed E-state index contributed by atoms with van der Waals surface area (Å²) in [5.41, 5.74) is 3.27. The van der Waals surface area contributed by atoms with Crippen LogP contribution < -0.4 is 4.74 Å². The van der Waals surface area contributed by atoms with Gasteiger partial charge in [0.05, 0.1) is 11.6 Å². The lowest BCUT2D eigenvalue weighted by Gasteiger charge is -2.09. The highest BCUT2D eigenvalue weighted by molar-refractivity contribution is 5.97. The number of carbonyl (C=O) groups is 1. The summed E-state index contributed by atoms with van der Waals surface area (Å²) in [6.45, 7) is 3.93. The number of Topliss-reactive ketones (excluding diaryl/α,β-unsaturated/α-hetero) is 1. The summed E-state index contributed by atoms with van der Waals surface area (Å²) in [7, 11) is 0. The molecule has 0 amide bonds. The van der Waals surface area contributed by atoms with E-state index in [1.807, 2.05) is 37.3 Å². The molecule has 21 heavy (non-hydrogen) atoms. The first kappa shape index (κ1) is 14.8. The molecule has 106 valence electrons. The minimum Gasteiger partial charge on any atom is -0.485 e. The Hall–Kier alpha value is -2.60. The SMILES string of the molecule is CCc1ccc(C(=O)COc2cc(C#N)ccc2C)cc1. The van der Waals surface area contributed by atoms with Gasteiger partial charge in [0.1, 0.15) is 5.75 Å². The van der Waals surface area contributed by atoms with E-state index in [9.17, 15) is 4.79 Å². The third kappa shape index (κ3) is 3.70. The number of aryl methyl sites for hydroxylation is 2. The Kier molecular flexibility index (Phi) is 4.73. The maximum absolute atomic E-state index is 12.1. The molecule has 2 aromatic rings. The van der Waals surface area contributed by atoms with Gasteiger partial charge in [0, 0.05) is 5.56 Å². The van der Waals surface area contributed by atoms with Crippen LogP contribution in [0.25, 0.3) is 0 Å². The van der Waals surface area contributed by atoms with E-state index in [-0.39, 0.29) is 12.4 Å². The summed E-state index contributed by atoms with van der Waals surface area (Å²) >= 11 is 0. The molecule has 0 aromatic heterocycles. The third-order valence-corrected chi connectivity index (χ3v) is 3.36. The lowest BCUT2D eigenvalue weighted by Crippen LogP contribution is -2.12. The fourth-order valence-electron chi connectivity index (χ4n) is 1.98. The summed E-state index contributed by atoms with van der Waals surface area (Å²) in [4.78, 5) is 12.1. The Morgan fingerprint density at radius 1 is 1.19 bits per heavy atom. The molecule has 0 radical (unpaired) electrons. The van der Waals surface area contributed by atoms with Crippen LogP contribution in [0.3, 0.4) is 0 Å². The predicted octanol–water partition coefficient (Wildman–Crippen LogP) is 3.69. The van der Waals surface area contributed by atoms with E-state index in [0.29, 0.717) is 16.9 Å². The first-order valence-electron chi connectivity index (χ1n) is 6.89. The number of nitrogens with zero attached hydrogens (tertiary/aromatic N) is 1. The molecule has 0 aliphatic carbocycles. The normalized spacial score (nSPS) is 9.95. The number of ether oxygens (including phenoxy) is 1. The second-order valence-electron chi connectivity index (χ2n) is 4.85. The fraction of sp³-hybridized carbons (Fsp3) is 0.222. The van der Waals surface area contributed by atoms with E-state index < -0.39 is 0 Å². The lowest BCUT2D eigenvalue weighted by molar-refractivity contribution is 0.0921. The molecule has 0 saturated heterocycles. The van der Waals surface area contributed by atoms with Crippen molar-refractivity contribution in [2.45, 2.75) is 20.3 Å². The van der Waals surface area contributed by atoms with E-state index >= 15 is 0 Å². The highest BCUT2D eigenvalue weighted by atomic mass is 16.5. The molecule has 0 fully saturated rings. The summed E-state index contributed by atoms with van der Waals surface area (Å²) in [6, 6.07) is 14.8. The third-order valence-electron chi connectivity index (χ3n) is 3.36. The Morgan fingerprint density at radius 2 is 1.90 bits per heavy atom. The maximum atomic E-state index is 12.1. The molecule has 0 unspecified atom stereocenters. The van der Waals surface area contributed by atoms with Crippen molar-refractivity contribution in [1.29, 1.82) is 5.26 Å². The van der Waals surface area contributed by atoms with Crippen LogP contribution in [-0.2, 0) is 6.42 Å². The second-order valence-corrected chi connectivity index (χ2v) is 4.85. The average molecular weight is 279 g/mol. The Morgan fingerprint density at radius 3 is 2.52 bits per heavy atom. The van der Waals surface area contributed by atoms with Crippen LogP contribution in [-0.4, -0.2) is 12.4 Å². The molecule has 0 atom stereocenters. The van der Waals surface area contributed by atoms with Crippen LogP contribution in [0.2, 0.25) is 0 Å². The number of hydrogen-bond donors (Lipinski definition) is 0. The van der Waals surface area contributed by atoms with Crippen LogP contribution in [0.1, 0.15) is 34.0 Å². The van der Waals surface area contributed by atoms with Gasteiger partial charge in [0.2, 0.25) is 0 Å². The molecule has 0 saturated carbocycles. The van der Waals surface area contributed by atoms with Gasteiger partial charge in [0.15, 0.2) is 12.4 Å². The lowest BCUT2D eigenvalue weighted by atomic mass is 10.1. The zero-order chi connectivity index (χ0) is 15.2. The fourth-order valence-corrected chi connectivity index (χ4v) is 1.98. The van der Waals surface area contributed by atoms with E-state index in [2.05, 4.69) is 13.0 Å². The number of nitriles is 1.